The van der Waals surface area contributed by atoms with Crippen LogP contribution in [-0.2, 0) is 4.74 Å². The zero-order valence-corrected chi connectivity index (χ0v) is 11.7. The number of aromatic amines is 1. The second-order valence-corrected chi connectivity index (χ2v) is 5.04. The molecule has 3 aromatic rings. The van der Waals surface area contributed by atoms with Crippen LogP contribution in [0.4, 0.5) is 0 Å². The van der Waals surface area contributed by atoms with Crippen LogP contribution in [0.5, 0.6) is 5.75 Å². The molecule has 0 aliphatic rings. The number of hydrogen-bond acceptors (Lipinski definition) is 6. The van der Waals surface area contributed by atoms with Gasteiger partial charge in [0.25, 0.3) is 5.56 Å². The standard InChI is InChI=1S/C14H10N2O4S/c1-20-14(19)10-11(17)12-8(13(18)15-10)9(16-21-12)7-5-3-2-4-6-7/h2-6,17H,1H3,(H,15,18). The number of benzene rings is 1. The second kappa shape index (κ2) is 5.02. The molecule has 2 heterocycles. The molecule has 0 fully saturated rings. The van der Waals surface area contributed by atoms with Gasteiger partial charge in [0.2, 0.25) is 0 Å². The fraction of sp³-hybridized carbons (Fsp3) is 0.0714. The summed E-state index contributed by atoms with van der Waals surface area (Å²) in [6, 6.07) is 9.16. The molecule has 6 nitrogen and oxygen atoms in total. The predicted octanol–water partition coefficient (Wildman–Crippen LogP) is 2.14. The molecule has 106 valence electrons. The van der Waals surface area contributed by atoms with E-state index in [0.717, 1.165) is 17.1 Å². The van der Waals surface area contributed by atoms with Crippen molar-refractivity contribution in [2.24, 2.45) is 0 Å². The van der Waals surface area contributed by atoms with E-state index in [-0.39, 0.29) is 21.5 Å². The fourth-order valence-corrected chi connectivity index (χ4v) is 2.90. The smallest absolute Gasteiger partial charge is 0.358 e. The van der Waals surface area contributed by atoms with E-state index in [2.05, 4.69) is 14.1 Å². The average molecular weight is 302 g/mol. The monoisotopic (exact) mass is 302 g/mol. The maximum atomic E-state index is 12.2. The highest BCUT2D eigenvalue weighted by Crippen LogP contribution is 2.34. The van der Waals surface area contributed by atoms with Crippen LogP contribution in [0, 0.1) is 0 Å². The van der Waals surface area contributed by atoms with Crippen LogP contribution < -0.4 is 5.56 Å². The molecule has 0 atom stereocenters. The van der Waals surface area contributed by atoms with Crippen molar-refractivity contribution in [2.75, 3.05) is 7.11 Å². The first-order valence-corrected chi connectivity index (χ1v) is 6.79. The number of carbonyl (C=O) groups is 1. The molecule has 0 saturated carbocycles. The number of fused-ring (bicyclic) bond motifs is 1. The highest BCUT2D eigenvalue weighted by atomic mass is 32.1. The Balaban J connectivity index is 2.32. The minimum absolute atomic E-state index is 0.261. The van der Waals surface area contributed by atoms with Gasteiger partial charge in [0, 0.05) is 5.56 Å². The maximum absolute atomic E-state index is 12.2. The lowest BCUT2D eigenvalue weighted by Gasteiger charge is -2.03. The summed E-state index contributed by atoms with van der Waals surface area (Å²) in [4.78, 5) is 26.1. The van der Waals surface area contributed by atoms with E-state index in [9.17, 15) is 14.7 Å². The molecule has 1 aromatic carbocycles. The van der Waals surface area contributed by atoms with Crippen molar-refractivity contribution in [3.05, 3.63) is 46.4 Å². The molecular formula is C14H10N2O4S. The van der Waals surface area contributed by atoms with Gasteiger partial charge in [-0.1, -0.05) is 30.3 Å². The quantitative estimate of drug-likeness (QED) is 0.708. The lowest BCUT2D eigenvalue weighted by molar-refractivity contribution is 0.0590. The summed E-state index contributed by atoms with van der Waals surface area (Å²) < 4.78 is 9.01. The Morgan fingerprint density at radius 3 is 2.71 bits per heavy atom. The number of nitrogens with one attached hydrogen (secondary N) is 1. The van der Waals surface area contributed by atoms with Gasteiger partial charge in [-0.3, -0.25) is 4.79 Å². The first-order valence-electron chi connectivity index (χ1n) is 6.02. The molecule has 0 aliphatic carbocycles. The van der Waals surface area contributed by atoms with E-state index in [1.807, 2.05) is 30.3 Å². The molecule has 0 amide bonds. The zero-order valence-electron chi connectivity index (χ0n) is 10.9. The van der Waals surface area contributed by atoms with Gasteiger partial charge < -0.3 is 14.8 Å². The van der Waals surface area contributed by atoms with Gasteiger partial charge in [-0.15, -0.1) is 0 Å². The molecule has 0 saturated heterocycles. The molecule has 3 rings (SSSR count). The number of hydrogen-bond donors (Lipinski definition) is 2. The Bertz CT molecular complexity index is 883. The molecule has 0 bridgehead atoms. The van der Waals surface area contributed by atoms with Gasteiger partial charge in [-0.25, -0.2) is 4.79 Å². The molecule has 0 spiro atoms. The molecule has 7 heteroatoms. The van der Waals surface area contributed by atoms with Crippen LogP contribution >= 0.6 is 11.5 Å². The number of esters is 1. The molecule has 2 N–H and O–H groups in total. The van der Waals surface area contributed by atoms with Crippen molar-refractivity contribution in [3.63, 3.8) is 0 Å². The summed E-state index contributed by atoms with van der Waals surface area (Å²) >= 11 is 0.964. The lowest BCUT2D eigenvalue weighted by atomic mass is 10.1. The van der Waals surface area contributed by atoms with Crippen molar-refractivity contribution in [3.8, 4) is 17.0 Å². The van der Waals surface area contributed by atoms with E-state index in [1.54, 1.807) is 0 Å². The minimum atomic E-state index is -0.804. The van der Waals surface area contributed by atoms with Gasteiger partial charge in [-0.2, -0.15) is 4.37 Å². The predicted molar refractivity (Wildman–Crippen MR) is 78.7 cm³/mol. The topological polar surface area (TPSA) is 92.3 Å². The summed E-state index contributed by atoms with van der Waals surface area (Å²) in [6.45, 7) is 0. The van der Waals surface area contributed by atoms with Crippen LogP contribution in [0.1, 0.15) is 10.5 Å². The number of ether oxygens (including phenoxy) is 1. The third-order valence-corrected chi connectivity index (χ3v) is 3.90. The Morgan fingerprint density at radius 1 is 1.33 bits per heavy atom. The summed E-state index contributed by atoms with van der Waals surface area (Å²) in [7, 11) is 1.17. The Morgan fingerprint density at radius 2 is 2.05 bits per heavy atom. The van der Waals surface area contributed by atoms with E-state index in [1.165, 1.54) is 7.11 Å². The highest BCUT2D eigenvalue weighted by Gasteiger charge is 2.22. The lowest BCUT2D eigenvalue weighted by Crippen LogP contribution is -2.14. The van der Waals surface area contributed by atoms with Gasteiger partial charge >= 0.3 is 5.97 Å². The van der Waals surface area contributed by atoms with Crippen LogP contribution in [0.25, 0.3) is 21.3 Å². The van der Waals surface area contributed by atoms with Crippen molar-refractivity contribution >= 4 is 27.6 Å². The number of H-pyrrole nitrogens is 1. The van der Waals surface area contributed by atoms with E-state index < -0.39 is 11.5 Å². The number of pyridine rings is 1. The van der Waals surface area contributed by atoms with E-state index in [0.29, 0.717) is 5.69 Å². The molecule has 0 radical (unpaired) electrons. The average Bonchev–Trinajstić information content (AvgIpc) is 2.97. The van der Waals surface area contributed by atoms with Gasteiger partial charge in [-0.05, 0) is 11.5 Å². The summed E-state index contributed by atoms with van der Waals surface area (Å²) in [5, 5.41) is 10.4. The summed E-state index contributed by atoms with van der Waals surface area (Å²) in [5.41, 5.74) is 0.483. The normalized spacial score (nSPS) is 10.7. The fourth-order valence-electron chi connectivity index (χ4n) is 2.05. The zero-order chi connectivity index (χ0) is 15.0. The second-order valence-electron chi connectivity index (χ2n) is 4.27. The first-order chi connectivity index (χ1) is 10.1. The summed E-state index contributed by atoms with van der Waals surface area (Å²) in [5.74, 6) is -1.13. The van der Waals surface area contributed by atoms with Crippen molar-refractivity contribution < 1.29 is 14.6 Å². The number of carbonyl (C=O) groups excluding carboxylic acids is 1. The highest BCUT2D eigenvalue weighted by molar-refractivity contribution is 7.14. The van der Waals surface area contributed by atoms with E-state index in [4.69, 9.17) is 0 Å². The van der Waals surface area contributed by atoms with Crippen molar-refractivity contribution in [1.29, 1.82) is 0 Å². The van der Waals surface area contributed by atoms with Crippen LogP contribution in [-0.4, -0.2) is 27.5 Å². The molecule has 0 unspecified atom stereocenters. The first kappa shape index (κ1) is 13.3. The summed E-state index contributed by atoms with van der Waals surface area (Å²) in [6.07, 6.45) is 0. The van der Waals surface area contributed by atoms with E-state index >= 15 is 0 Å². The Hall–Kier alpha value is -2.67. The van der Waals surface area contributed by atoms with Crippen LogP contribution in [0.3, 0.4) is 0 Å². The number of methoxy groups -OCH3 is 1. The van der Waals surface area contributed by atoms with Crippen molar-refractivity contribution in [1.82, 2.24) is 9.36 Å². The molecule has 2 aromatic heterocycles. The van der Waals surface area contributed by atoms with Gasteiger partial charge in [0.1, 0.15) is 4.70 Å². The SMILES string of the molecule is COC(=O)c1[nH]c(=O)c2c(-c3ccccc3)nsc2c1O. The number of aromatic hydroxyl groups is 1. The van der Waals surface area contributed by atoms with Gasteiger partial charge in [0.05, 0.1) is 18.2 Å². The van der Waals surface area contributed by atoms with Crippen LogP contribution in [0.15, 0.2) is 35.1 Å². The molecule has 0 aliphatic heterocycles. The Kier molecular flexibility index (Phi) is 3.19. The van der Waals surface area contributed by atoms with Crippen molar-refractivity contribution in [2.45, 2.75) is 0 Å². The minimum Gasteiger partial charge on any atom is -0.504 e. The number of nitrogens with zero attached hydrogens (tertiary/aromatic N) is 1. The molecular weight excluding hydrogens is 292 g/mol. The molecule has 21 heavy (non-hydrogen) atoms. The Labute approximate surface area is 122 Å². The van der Waals surface area contributed by atoms with Crippen LogP contribution in [0.2, 0.25) is 0 Å². The number of aromatic nitrogens is 2. The largest absolute Gasteiger partial charge is 0.504 e. The number of rotatable bonds is 2. The maximum Gasteiger partial charge on any atom is 0.358 e. The third-order valence-electron chi connectivity index (χ3n) is 3.05. The van der Waals surface area contributed by atoms with Gasteiger partial charge in [0.15, 0.2) is 11.4 Å². The third kappa shape index (κ3) is 2.07.